The second-order valence-corrected chi connectivity index (χ2v) is 6.92. The van der Waals surface area contributed by atoms with Crippen LogP contribution >= 0.6 is 0 Å². The Kier molecular flexibility index (Phi) is 7.93. The second kappa shape index (κ2) is 8.80. The molecule has 1 saturated carbocycles. The topological polar surface area (TPSA) is 208 Å². The van der Waals surface area contributed by atoms with Crippen LogP contribution in [0.15, 0.2) is 0 Å². The maximum absolute atomic E-state index is 10.8. The van der Waals surface area contributed by atoms with Crippen LogP contribution in [0.2, 0.25) is 0 Å². The zero-order valence-electron chi connectivity index (χ0n) is 12.6. The maximum atomic E-state index is 10.8. The predicted molar refractivity (Wildman–Crippen MR) is 75.0 cm³/mol. The van der Waals surface area contributed by atoms with Crippen LogP contribution < -0.4 is 0 Å². The first-order valence-corrected chi connectivity index (χ1v) is 8.61. The molecule has 11 nitrogen and oxygen atoms in total. The van der Waals surface area contributed by atoms with Crippen molar-refractivity contribution in [2.24, 2.45) is 11.8 Å². The monoisotopic (exact) mass is 375 g/mol. The number of hydrogen-bond acceptors (Lipinski definition) is 11. The van der Waals surface area contributed by atoms with E-state index in [4.69, 9.17) is 5.11 Å². The first kappa shape index (κ1) is 21.6. The summed E-state index contributed by atoms with van der Waals surface area (Å²) in [5.74, 6) is -1.46. The summed E-state index contributed by atoms with van der Waals surface area (Å²) >= 11 is 0. The lowest BCUT2D eigenvalue weighted by atomic mass is 9.87. The van der Waals surface area contributed by atoms with Crippen LogP contribution in [-0.2, 0) is 14.6 Å². The molecule has 24 heavy (non-hydrogen) atoms. The van der Waals surface area contributed by atoms with Gasteiger partial charge in [-0.1, -0.05) is 0 Å². The Morgan fingerprint density at radius 3 is 2.17 bits per heavy atom. The molecule has 0 radical (unpaired) electrons. The molecule has 1 aliphatic carbocycles. The van der Waals surface area contributed by atoms with Gasteiger partial charge in [-0.25, -0.2) is 8.42 Å². The number of aliphatic hydroxyl groups excluding tert-OH is 7. The highest BCUT2D eigenvalue weighted by Crippen LogP contribution is 2.36. The Balaban J connectivity index is 2.89. The normalized spacial score (nSPS) is 33.2. The van der Waals surface area contributed by atoms with Gasteiger partial charge in [0.1, 0.15) is 18.3 Å². The Labute approximate surface area is 138 Å². The lowest BCUT2D eigenvalue weighted by Crippen LogP contribution is -2.49. The van der Waals surface area contributed by atoms with E-state index in [1.54, 1.807) is 0 Å². The van der Waals surface area contributed by atoms with E-state index >= 15 is 0 Å². The number of hydrogen-bond donors (Lipinski definition) is 7. The van der Waals surface area contributed by atoms with E-state index in [-0.39, 0.29) is 12.8 Å². The molecule has 1 aliphatic rings. The third kappa shape index (κ3) is 5.56. The van der Waals surface area contributed by atoms with Gasteiger partial charge in [0.25, 0.3) is 0 Å². The summed E-state index contributed by atoms with van der Waals surface area (Å²) in [4.78, 5) is 0. The van der Waals surface area contributed by atoms with Gasteiger partial charge in [0.2, 0.25) is 10.4 Å². The molecular formula is C12H23O11S-. The first-order valence-electron chi connectivity index (χ1n) is 7.28. The molecule has 7 N–H and O–H groups in total. The Morgan fingerprint density at radius 1 is 1.12 bits per heavy atom. The molecule has 0 heterocycles. The molecule has 0 unspecified atom stereocenters. The minimum absolute atomic E-state index is 0.0149. The second-order valence-electron chi connectivity index (χ2n) is 5.91. The Morgan fingerprint density at radius 2 is 1.71 bits per heavy atom. The van der Waals surface area contributed by atoms with Crippen molar-refractivity contribution in [3.05, 3.63) is 0 Å². The maximum Gasteiger partial charge on any atom is 0.218 e. The van der Waals surface area contributed by atoms with E-state index < -0.39 is 72.1 Å². The fourth-order valence-electron chi connectivity index (χ4n) is 2.97. The molecule has 0 amide bonds. The molecule has 0 bridgehead atoms. The van der Waals surface area contributed by atoms with Crippen molar-refractivity contribution < 1.29 is 52.9 Å². The van der Waals surface area contributed by atoms with E-state index in [1.807, 2.05) is 0 Å². The molecule has 12 heteroatoms. The van der Waals surface area contributed by atoms with Crippen molar-refractivity contribution in [3.8, 4) is 0 Å². The molecule has 0 aromatic carbocycles. The van der Waals surface area contributed by atoms with Gasteiger partial charge in [-0.05, 0) is 18.8 Å². The minimum atomic E-state index is -5.34. The SMILES string of the molecule is O=S(=O)([O-])O[C@H]([C@H](O)[C@@H](O)CO)[C@H](O)C[C@@H]1C[C@@H](O)[C@H](O)[C@H]1CO. The fourth-order valence-corrected chi connectivity index (χ4v) is 3.49. The van der Waals surface area contributed by atoms with Crippen molar-refractivity contribution in [2.75, 3.05) is 13.2 Å². The van der Waals surface area contributed by atoms with E-state index in [0.29, 0.717) is 0 Å². The minimum Gasteiger partial charge on any atom is -0.726 e. The van der Waals surface area contributed by atoms with E-state index in [1.165, 1.54) is 0 Å². The summed E-state index contributed by atoms with van der Waals surface area (Å²) in [5, 5.41) is 66.6. The fraction of sp³-hybridized carbons (Fsp3) is 1.00. The first-order chi connectivity index (χ1) is 11.0. The summed E-state index contributed by atoms with van der Waals surface area (Å²) in [7, 11) is -5.34. The van der Waals surface area contributed by atoms with Crippen LogP contribution in [0.25, 0.3) is 0 Å². The van der Waals surface area contributed by atoms with Gasteiger partial charge in [0.15, 0.2) is 0 Å². The zero-order valence-corrected chi connectivity index (χ0v) is 13.4. The molecule has 1 fully saturated rings. The molecule has 8 atom stereocenters. The largest absolute Gasteiger partial charge is 0.726 e. The standard InChI is InChI=1S/C12H24O11S/c13-3-6-5(1-7(15)10(6)18)2-8(16)12(23-24(20,21)22)11(19)9(17)4-14/h5-19H,1-4H2,(H,20,21,22)/p-1/t5-,6-,7+,8+,9-,10+,11+,12-/m0/s1. The van der Waals surface area contributed by atoms with Gasteiger partial charge in [-0.2, -0.15) is 0 Å². The average molecular weight is 375 g/mol. The van der Waals surface area contributed by atoms with Gasteiger partial charge < -0.3 is 40.3 Å². The summed E-state index contributed by atoms with van der Waals surface area (Å²) in [5.41, 5.74) is 0. The molecule has 0 aliphatic heterocycles. The van der Waals surface area contributed by atoms with E-state index in [2.05, 4.69) is 4.18 Å². The molecule has 0 aromatic rings. The predicted octanol–water partition coefficient (Wildman–Crippen LogP) is -4.35. The quantitative estimate of drug-likeness (QED) is 0.151. The third-order valence-electron chi connectivity index (χ3n) is 4.26. The summed E-state index contributed by atoms with van der Waals surface area (Å²) < 4.78 is 36.4. The Bertz CT molecular complexity index is 483. The molecule has 1 rings (SSSR count). The highest BCUT2D eigenvalue weighted by molar-refractivity contribution is 7.80. The van der Waals surface area contributed by atoms with Crippen molar-refractivity contribution in [2.45, 2.75) is 49.5 Å². The highest BCUT2D eigenvalue weighted by Gasteiger charge is 2.44. The van der Waals surface area contributed by atoms with Crippen molar-refractivity contribution in [3.63, 3.8) is 0 Å². The van der Waals surface area contributed by atoms with Gasteiger partial charge in [-0.15, -0.1) is 0 Å². The molecular weight excluding hydrogens is 352 g/mol. The van der Waals surface area contributed by atoms with Crippen LogP contribution in [0.4, 0.5) is 0 Å². The van der Waals surface area contributed by atoms with Crippen LogP contribution in [0.1, 0.15) is 12.8 Å². The molecule has 0 saturated heterocycles. The summed E-state index contributed by atoms with van der Waals surface area (Å²) in [6.45, 7) is -1.49. The molecule has 0 aromatic heterocycles. The zero-order chi connectivity index (χ0) is 18.7. The van der Waals surface area contributed by atoms with Gasteiger partial charge >= 0.3 is 0 Å². The molecule has 0 spiro atoms. The third-order valence-corrected chi connectivity index (χ3v) is 4.72. The number of rotatable bonds is 9. The number of aliphatic hydroxyl groups is 7. The molecule has 144 valence electrons. The average Bonchev–Trinajstić information content (AvgIpc) is 2.76. The Hall–Kier alpha value is -0.410. The van der Waals surface area contributed by atoms with Gasteiger partial charge in [-0.3, -0.25) is 4.18 Å². The van der Waals surface area contributed by atoms with Crippen LogP contribution in [0, 0.1) is 11.8 Å². The van der Waals surface area contributed by atoms with E-state index in [0.717, 1.165) is 0 Å². The smallest absolute Gasteiger partial charge is 0.218 e. The van der Waals surface area contributed by atoms with E-state index in [9.17, 15) is 43.6 Å². The lowest BCUT2D eigenvalue weighted by Gasteiger charge is -2.32. The van der Waals surface area contributed by atoms with Crippen LogP contribution in [-0.4, -0.2) is 98.6 Å². The summed E-state index contributed by atoms with van der Waals surface area (Å²) in [6.07, 6.45) is -10.6. The van der Waals surface area contributed by atoms with Gasteiger partial charge in [0, 0.05) is 12.5 Å². The van der Waals surface area contributed by atoms with Crippen LogP contribution in [0.5, 0.6) is 0 Å². The van der Waals surface area contributed by atoms with Crippen molar-refractivity contribution in [1.82, 2.24) is 0 Å². The highest BCUT2D eigenvalue weighted by atomic mass is 32.3. The lowest BCUT2D eigenvalue weighted by molar-refractivity contribution is -0.111. The summed E-state index contributed by atoms with van der Waals surface area (Å²) in [6, 6.07) is 0. The van der Waals surface area contributed by atoms with Crippen LogP contribution in [0.3, 0.4) is 0 Å². The van der Waals surface area contributed by atoms with Crippen molar-refractivity contribution >= 4 is 10.4 Å². The van der Waals surface area contributed by atoms with Crippen molar-refractivity contribution in [1.29, 1.82) is 0 Å². The van der Waals surface area contributed by atoms with Gasteiger partial charge in [0.05, 0.1) is 24.9 Å².